The number of halogens is 2. The molecule has 34 heavy (non-hydrogen) atoms. The Hall–Kier alpha value is -3.35. The summed E-state index contributed by atoms with van der Waals surface area (Å²) in [5, 5.41) is 5.49. The van der Waals surface area contributed by atoms with Crippen molar-refractivity contribution < 1.29 is 13.9 Å². The molecule has 1 aromatic heterocycles. The van der Waals surface area contributed by atoms with Gasteiger partial charge in [-0.2, -0.15) is 0 Å². The van der Waals surface area contributed by atoms with E-state index in [0.717, 1.165) is 20.8 Å². The summed E-state index contributed by atoms with van der Waals surface area (Å²) in [6, 6.07) is 24.3. The number of ether oxygens (including phenoxy) is 1. The summed E-state index contributed by atoms with van der Waals surface area (Å²) < 4.78 is 12.9. The van der Waals surface area contributed by atoms with E-state index in [2.05, 4.69) is 26.2 Å². The van der Waals surface area contributed by atoms with Gasteiger partial charge in [0.05, 0.1) is 0 Å². The van der Waals surface area contributed by atoms with E-state index < -0.39 is 5.60 Å². The first kappa shape index (κ1) is 22.4. The number of fused-ring (bicyclic) bond motifs is 2. The minimum absolute atomic E-state index is 0.276. The van der Waals surface area contributed by atoms with Gasteiger partial charge in [0.1, 0.15) is 11.3 Å². The van der Waals surface area contributed by atoms with Gasteiger partial charge in [-0.05, 0) is 73.8 Å². The number of hydrogen-bond donors (Lipinski definition) is 1. The van der Waals surface area contributed by atoms with Gasteiger partial charge in [-0.25, -0.2) is 4.98 Å². The smallest absolute Gasteiger partial charge is 0.267 e. The summed E-state index contributed by atoms with van der Waals surface area (Å²) in [5.74, 6) is 0.822. The molecule has 0 radical (unpaired) electrons. The lowest BCUT2D eigenvalue weighted by Gasteiger charge is -2.25. The molecule has 1 N–H and O–H groups in total. The number of nitrogens with zero attached hydrogens (tertiary/aromatic N) is 1. The third-order valence-electron chi connectivity index (χ3n) is 5.48. The Morgan fingerprint density at radius 2 is 1.74 bits per heavy atom. The van der Waals surface area contributed by atoms with Gasteiger partial charge in [0.15, 0.2) is 11.2 Å². The van der Waals surface area contributed by atoms with E-state index in [1.165, 1.54) is 0 Å². The van der Waals surface area contributed by atoms with Crippen molar-refractivity contribution in [2.24, 2.45) is 0 Å². The van der Waals surface area contributed by atoms with Crippen LogP contribution in [0.15, 0.2) is 87.8 Å². The molecule has 5 rings (SSSR count). The van der Waals surface area contributed by atoms with Crippen LogP contribution in [0.3, 0.4) is 0 Å². The van der Waals surface area contributed by atoms with Crippen molar-refractivity contribution in [2.45, 2.75) is 19.4 Å². The number of rotatable bonds is 5. The van der Waals surface area contributed by atoms with Crippen molar-refractivity contribution in [3.8, 4) is 17.2 Å². The Kier molecular flexibility index (Phi) is 5.80. The summed E-state index contributed by atoms with van der Waals surface area (Å²) in [6.07, 6.45) is 0. The van der Waals surface area contributed by atoms with Crippen LogP contribution >= 0.6 is 27.5 Å². The molecule has 0 saturated heterocycles. The normalized spacial score (nSPS) is 11.6. The zero-order valence-corrected chi connectivity index (χ0v) is 20.8. The van der Waals surface area contributed by atoms with Crippen LogP contribution in [-0.4, -0.2) is 16.5 Å². The lowest BCUT2D eigenvalue weighted by Crippen LogP contribution is -2.42. The van der Waals surface area contributed by atoms with E-state index in [1.807, 2.05) is 60.7 Å². The Bertz CT molecular complexity index is 1530. The molecular weight excluding hydrogens is 516 g/mol. The van der Waals surface area contributed by atoms with E-state index >= 15 is 0 Å². The molecule has 0 atom stereocenters. The van der Waals surface area contributed by atoms with Crippen LogP contribution in [0.2, 0.25) is 5.02 Å². The number of oxazole rings is 1. The Morgan fingerprint density at radius 1 is 1.00 bits per heavy atom. The highest BCUT2D eigenvalue weighted by atomic mass is 79.9. The zero-order chi connectivity index (χ0) is 23.9. The second-order valence-corrected chi connectivity index (χ2v) is 9.69. The third-order valence-corrected chi connectivity index (χ3v) is 6.34. The number of anilines is 1. The average Bonchev–Trinajstić information content (AvgIpc) is 3.23. The summed E-state index contributed by atoms with van der Waals surface area (Å²) in [4.78, 5) is 17.6. The SMILES string of the molecule is CC(C)(Oc1ccc(Br)cc1)C(=O)Nc1ccc2oc(-c3cccc4c(Cl)cccc34)nc2c1. The van der Waals surface area contributed by atoms with Crippen molar-refractivity contribution in [1.29, 1.82) is 0 Å². The van der Waals surface area contributed by atoms with Crippen LogP contribution in [-0.2, 0) is 4.79 Å². The van der Waals surface area contributed by atoms with Crippen LogP contribution in [0.5, 0.6) is 5.75 Å². The summed E-state index contributed by atoms with van der Waals surface area (Å²) in [5.41, 5.74) is 1.63. The number of carbonyl (C=O) groups excluding carboxylic acids is 1. The standard InChI is InChI=1S/C27H20BrClN2O3/c1-27(2,34-18-12-9-16(28)10-13-18)26(32)30-17-11-14-24-23(15-17)31-25(33-24)21-7-3-6-20-19(21)5-4-8-22(20)29/h3-15H,1-2H3,(H,30,32). The van der Waals surface area contributed by atoms with Crippen molar-refractivity contribution in [3.63, 3.8) is 0 Å². The minimum atomic E-state index is -1.08. The van der Waals surface area contributed by atoms with Gasteiger partial charge >= 0.3 is 0 Å². The van der Waals surface area contributed by atoms with E-state index in [-0.39, 0.29) is 5.91 Å². The number of nitrogens with one attached hydrogen (secondary N) is 1. The number of hydrogen-bond acceptors (Lipinski definition) is 4. The fourth-order valence-electron chi connectivity index (χ4n) is 3.70. The quantitative estimate of drug-likeness (QED) is 0.249. The first-order chi connectivity index (χ1) is 16.3. The Labute approximate surface area is 209 Å². The molecule has 7 heteroatoms. The molecule has 0 aliphatic carbocycles. The molecule has 5 aromatic rings. The monoisotopic (exact) mass is 534 g/mol. The van der Waals surface area contributed by atoms with E-state index in [9.17, 15) is 4.79 Å². The van der Waals surface area contributed by atoms with Gasteiger partial charge in [0.2, 0.25) is 5.89 Å². The fraction of sp³-hybridized carbons (Fsp3) is 0.111. The lowest BCUT2D eigenvalue weighted by molar-refractivity contribution is -0.128. The van der Waals surface area contributed by atoms with Crippen molar-refractivity contribution in [3.05, 3.63) is 88.4 Å². The number of carbonyl (C=O) groups is 1. The number of aromatic nitrogens is 1. The molecule has 4 aromatic carbocycles. The molecule has 0 bridgehead atoms. The minimum Gasteiger partial charge on any atom is -0.478 e. The first-order valence-corrected chi connectivity index (χ1v) is 11.8. The molecule has 5 nitrogen and oxygen atoms in total. The second-order valence-electron chi connectivity index (χ2n) is 8.36. The molecule has 0 unspecified atom stereocenters. The zero-order valence-electron chi connectivity index (χ0n) is 18.4. The number of amides is 1. The number of benzene rings is 4. The molecule has 0 fully saturated rings. The predicted molar refractivity (Wildman–Crippen MR) is 139 cm³/mol. The average molecular weight is 536 g/mol. The van der Waals surface area contributed by atoms with Crippen LogP contribution in [0.25, 0.3) is 33.3 Å². The summed E-state index contributed by atoms with van der Waals surface area (Å²) in [7, 11) is 0. The van der Waals surface area contributed by atoms with Gasteiger partial charge in [0, 0.05) is 26.1 Å². The van der Waals surface area contributed by atoms with E-state index in [1.54, 1.807) is 32.0 Å². The predicted octanol–water partition coefficient (Wildman–Crippen LogP) is 7.86. The van der Waals surface area contributed by atoms with Crippen LogP contribution in [0.4, 0.5) is 5.69 Å². The largest absolute Gasteiger partial charge is 0.478 e. The van der Waals surface area contributed by atoms with Gasteiger partial charge in [-0.1, -0.05) is 51.8 Å². The summed E-state index contributed by atoms with van der Waals surface area (Å²) in [6.45, 7) is 3.45. The maximum atomic E-state index is 12.9. The van der Waals surface area contributed by atoms with Crippen molar-refractivity contribution in [1.82, 2.24) is 4.98 Å². The molecule has 0 saturated carbocycles. The highest BCUT2D eigenvalue weighted by Crippen LogP contribution is 2.34. The Balaban J connectivity index is 1.41. The Morgan fingerprint density at radius 3 is 2.53 bits per heavy atom. The second kappa shape index (κ2) is 8.78. The van der Waals surface area contributed by atoms with Gasteiger partial charge in [0.25, 0.3) is 5.91 Å². The fourth-order valence-corrected chi connectivity index (χ4v) is 4.21. The summed E-state index contributed by atoms with van der Waals surface area (Å²) >= 11 is 9.75. The van der Waals surface area contributed by atoms with Crippen LogP contribution in [0.1, 0.15) is 13.8 Å². The van der Waals surface area contributed by atoms with Gasteiger partial charge in [-0.15, -0.1) is 0 Å². The molecule has 0 spiro atoms. The molecular formula is C27H20BrClN2O3. The van der Waals surface area contributed by atoms with Crippen LogP contribution < -0.4 is 10.1 Å². The molecule has 1 heterocycles. The molecule has 1 amide bonds. The van der Waals surface area contributed by atoms with Crippen molar-refractivity contribution in [2.75, 3.05) is 5.32 Å². The van der Waals surface area contributed by atoms with E-state index in [4.69, 9.17) is 20.8 Å². The molecule has 0 aliphatic heterocycles. The van der Waals surface area contributed by atoms with E-state index in [0.29, 0.717) is 33.4 Å². The highest BCUT2D eigenvalue weighted by Gasteiger charge is 2.30. The first-order valence-electron chi connectivity index (χ1n) is 10.6. The highest BCUT2D eigenvalue weighted by molar-refractivity contribution is 9.10. The van der Waals surface area contributed by atoms with Crippen LogP contribution in [0, 0.1) is 0 Å². The maximum absolute atomic E-state index is 12.9. The third kappa shape index (κ3) is 4.39. The lowest BCUT2D eigenvalue weighted by atomic mass is 10.0. The molecule has 0 aliphatic rings. The molecule has 170 valence electrons. The van der Waals surface area contributed by atoms with Gasteiger partial charge < -0.3 is 14.5 Å². The maximum Gasteiger partial charge on any atom is 0.267 e. The van der Waals surface area contributed by atoms with Crippen molar-refractivity contribution >= 4 is 61.0 Å². The topological polar surface area (TPSA) is 64.4 Å². The van der Waals surface area contributed by atoms with Gasteiger partial charge in [-0.3, -0.25) is 4.79 Å².